The topological polar surface area (TPSA) is 15.3 Å². The van der Waals surface area contributed by atoms with Crippen LogP contribution in [0.4, 0.5) is 22.7 Å². The Hall–Kier alpha value is -6.12. The number of fused-ring (bicyclic) bond motifs is 2. The van der Waals surface area contributed by atoms with Crippen molar-refractivity contribution in [3.05, 3.63) is 217 Å². The van der Waals surface area contributed by atoms with Gasteiger partial charge in [0.05, 0.1) is 5.69 Å². The van der Waals surface area contributed by atoms with E-state index in [1.165, 1.54) is 16.7 Å². The fourth-order valence-corrected chi connectivity index (χ4v) is 6.64. The highest BCUT2D eigenvalue weighted by molar-refractivity contribution is 5.90. The molecular weight excluding hydrogens is 593 g/mol. The fourth-order valence-electron chi connectivity index (χ4n) is 6.64. The molecule has 0 radical (unpaired) electrons. The Morgan fingerprint density at radius 2 is 1.55 bits per heavy atom. The van der Waals surface area contributed by atoms with Gasteiger partial charge in [-0.25, -0.2) is 0 Å². The van der Waals surface area contributed by atoms with Crippen LogP contribution < -0.4 is 10.2 Å². The lowest BCUT2D eigenvalue weighted by Gasteiger charge is -2.25. The monoisotopic (exact) mass is 632 g/mol. The number of hydrogen-bond acceptors (Lipinski definition) is 2. The summed E-state index contributed by atoms with van der Waals surface area (Å²) in [6.07, 6.45) is 29.3. The lowest BCUT2D eigenvalue weighted by atomic mass is 9.81. The molecule has 0 spiro atoms. The van der Waals surface area contributed by atoms with Crippen molar-refractivity contribution in [1.82, 2.24) is 0 Å². The largest absolute Gasteiger partial charge is 0.355 e. The summed E-state index contributed by atoms with van der Waals surface area (Å²) in [6, 6.07) is 34.0. The maximum absolute atomic E-state index is 4.59. The minimum atomic E-state index is 0.433. The maximum Gasteiger partial charge on any atom is 0.0534 e. The van der Waals surface area contributed by atoms with Crippen LogP contribution in [0.25, 0.3) is 22.3 Å². The average Bonchev–Trinajstić information content (AvgIpc) is 3.15. The van der Waals surface area contributed by atoms with Gasteiger partial charge in [0.25, 0.3) is 0 Å². The molecule has 49 heavy (non-hydrogen) atoms. The van der Waals surface area contributed by atoms with Crippen molar-refractivity contribution in [3.8, 4) is 11.1 Å². The van der Waals surface area contributed by atoms with E-state index in [2.05, 4.69) is 176 Å². The van der Waals surface area contributed by atoms with Crippen LogP contribution in [0.5, 0.6) is 0 Å². The summed E-state index contributed by atoms with van der Waals surface area (Å²) in [5.74, 6) is 0.433. The van der Waals surface area contributed by atoms with Gasteiger partial charge in [-0.2, -0.15) is 0 Å². The first-order valence-corrected chi connectivity index (χ1v) is 16.9. The van der Waals surface area contributed by atoms with Crippen LogP contribution >= 0.6 is 0 Å². The van der Waals surface area contributed by atoms with E-state index in [-0.39, 0.29) is 0 Å². The first-order chi connectivity index (χ1) is 24.1. The van der Waals surface area contributed by atoms with Crippen LogP contribution in [0.3, 0.4) is 0 Å². The van der Waals surface area contributed by atoms with Gasteiger partial charge >= 0.3 is 0 Å². The molecule has 0 fully saturated rings. The molecule has 1 atom stereocenters. The first-order valence-electron chi connectivity index (χ1n) is 16.9. The molecular formula is C47H40N2. The van der Waals surface area contributed by atoms with Crippen molar-refractivity contribution in [1.29, 1.82) is 0 Å². The summed E-state index contributed by atoms with van der Waals surface area (Å²) >= 11 is 0. The van der Waals surface area contributed by atoms with Crippen molar-refractivity contribution in [2.75, 3.05) is 10.2 Å². The molecule has 238 valence electrons. The smallest absolute Gasteiger partial charge is 0.0534 e. The van der Waals surface area contributed by atoms with E-state index in [0.29, 0.717) is 5.92 Å². The van der Waals surface area contributed by atoms with Crippen molar-refractivity contribution >= 4 is 33.9 Å². The van der Waals surface area contributed by atoms with Gasteiger partial charge in [-0.15, -0.1) is 0 Å². The van der Waals surface area contributed by atoms with Crippen LogP contribution in [0.1, 0.15) is 24.5 Å². The number of nitrogens with zero attached hydrogens (tertiary/aromatic N) is 1. The van der Waals surface area contributed by atoms with Crippen LogP contribution in [-0.2, 0) is 0 Å². The lowest BCUT2D eigenvalue weighted by Crippen LogP contribution is -2.11. The van der Waals surface area contributed by atoms with Gasteiger partial charge in [-0.05, 0) is 107 Å². The summed E-state index contributed by atoms with van der Waals surface area (Å²) in [5, 5.41) is 3.65. The summed E-state index contributed by atoms with van der Waals surface area (Å²) in [6.45, 7) is 11.1. The second kappa shape index (κ2) is 14.3. The second-order valence-corrected chi connectivity index (χ2v) is 12.4. The summed E-state index contributed by atoms with van der Waals surface area (Å²) in [4.78, 5) is 2.22. The predicted molar refractivity (Wildman–Crippen MR) is 212 cm³/mol. The van der Waals surface area contributed by atoms with E-state index < -0.39 is 0 Å². The van der Waals surface area contributed by atoms with Gasteiger partial charge in [0.1, 0.15) is 0 Å². The molecule has 4 aromatic carbocycles. The van der Waals surface area contributed by atoms with E-state index in [1.54, 1.807) is 0 Å². The zero-order chi connectivity index (χ0) is 33.6. The standard InChI is InChI=1S/C47H40N2/c1-4-36(42-24-15-18-37-17-11-12-23-43(37)42)26-25-35(3)44-32-38(27-29-46(44)48-40-19-7-5-8-20-40)39-28-30-47-45(33-39)34(2)16-13-14-31-49(47)41-21-9-6-10-22-41/h4-17,19-33,37,48H,2-3,18H2,1H3/b16-13-,26-25-,31-14-,36-4+. The van der Waals surface area contributed by atoms with E-state index >= 15 is 0 Å². The predicted octanol–water partition coefficient (Wildman–Crippen LogP) is 12.8. The lowest BCUT2D eigenvalue weighted by molar-refractivity contribution is 0.771. The number of rotatable bonds is 8. The third-order valence-electron chi connectivity index (χ3n) is 9.23. The highest BCUT2D eigenvalue weighted by atomic mass is 15.1. The van der Waals surface area contributed by atoms with E-state index in [1.807, 2.05) is 30.3 Å². The quantitative estimate of drug-likeness (QED) is 0.194. The number of allylic oxidation sites excluding steroid dienone is 17. The van der Waals surface area contributed by atoms with Crippen molar-refractivity contribution in [2.45, 2.75) is 13.3 Å². The number of anilines is 4. The van der Waals surface area contributed by atoms with Crippen LogP contribution in [0, 0.1) is 5.92 Å². The molecule has 0 aromatic heterocycles. The van der Waals surface area contributed by atoms with Crippen LogP contribution in [0.15, 0.2) is 206 Å². The van der Waals surface area contributed by atoms with Crippen molar-refractivity contribution in [3.63, 3.8) is 0 Å². The molecule has 0 amide bonds. The Balaban J connectivity index is 1.27. The van der Waals surface area contributed by atoms with Gasteiger partial charge in [0, 0.05) is 40.3 Å². The molecule has 1 aliphatic heterocycles. The minimum absolute atomic E-state index is 0.433. The zero-order valence-electron chi connectivity index (χ0n) is 27.9. The van der Waals surface area contributed by atoms with Gasteiger partial charge < -0.3 is 10.2 Å². The van der Waals surface area contributed by atoms with E-state index in [9.17, 15) is 0 Å². The van der Waals surface area contributed by atoms with E-state index in [4.69, 9.17) is 0 Å². The zero-order valence-corrected chi connectivity index (χ0v) is 27.9. The Labute approximate surface area is 290 Å². The molecule has 7 rings (SSSR count). The second-order valence-electron chi connectivity index (χ2n) is 12.4. The molecule has 0 saturated carbocycles. The molecule has 2 heteroatoms. The SMILES string of the molecule is C=C(/C=C\C(=C/C)C1=C2C=CC=CC2CC=C1)c1cc(-c2ccc3c(c2)C(=C)/C=C\C=C/N3c2ccccc2)ccc1Nc1ccccc1. The molecule has 3 aliphatic rings. The highest BCUT2D eigenvalue weighted by Gasteiger charge is 2.19. The number of para-hydroxylation sites is 2. The van der Waals surface area contributed by atoms with Crippen molar-refractivity contribution in [2.24, 2.45) is 5.92 Å². The maximum atomic E-state index is 4.59. The normalized spacial score (nSPS) is 18.1. The van der Waals surface area contributed by atoms with Crippen LogP contribution in [0.2, 0.25) is 0 Å². The van der Waals surface area contributed by atoms with Gasteiger partial charge in [0.15, 0.2) is 0 Å². The van der Waals surface area contributed by atoms with E-state index in [0.717, 1.165) is 62.6 Å². The molecule has 1 N–H and O–H groups in total. The summed E-state index contributed by atoms with van der Waals surface area (Å²) < 4.78 is 0. The molecule has 4 aromatic rings. The summed E-state index contributed by atoms with van der Waals surface area (Å²) in [5.41, 5.74) is 14.3. The molecule has 1 unspecified atom stereocenters. The molecule has 0 saturated heterocycles. The number of benzene rings is 4. The van der Waals surface area contributed by atoms with Crippen molar-refractivity contribution < 1.29 is 0 Å². The Morgan fingerprint density at radius 3 is 2.37 bits per heavy atom. The molecule has 1 heterocycles. The number of nitrogens with one attached hydrogen (secondary N) is 1. The molecule has 0 bridgehead atoms. The molecule has 2 aliphatic carbocycles. The minimum Gasteiger partial charge on any atom is -0.355 e. The van der Waals surface area contributed by atoms with Gasteiger partial charge in [-0.3, -0.25) is 0 Å². The third-order valence-corrected chi connectivity index (χ3v) is 9.23. The highest BCUT2D eigenvalue weighted by Crippen LogP contribution is 2.39. The van der Waals surface area contributed by atoms with Gasteiger partial charge in [0.2, 0.25) is 0 Å². The molecule has 2 nitrogen and oxygen atoms in total. The first kappa shape index (κ1) is 31.5. The average molecular weight is 633 g/mol. The fraction of sp³-hybridized carbons (Fsp3) is 0.0638. The Morgan fingerprint density at radius 1 is 0.796 bits per heavy atom. The number of hydrogen-bond donors (Lipinski definition) is 1. The Bertz CT molecular complexity index is 2150. The Kier molecular flexibility index (Phi) is 9.21. The van der Waals surface area contributed by atoms with Crippen LogP contribution in [-0.4, -0.2) is 0 Å². The van der Waals surface area contributed by atoms with Gasteiger partial charge in [-0.1, -0.05) is 129 Å². The third kappa shape index (κ3) is 6.81. The summed E-state index contributed by atoms with van der Waals surface area (Å²) in [7, 11) is 0.